The molecule has 1 fully saturated rings. The molecule has 6 nitrogen and oxygen atoms in total. The maximum atomic E-state index is 13.6. The summed E-state index contributed by atoms with van der Waals surface area (Å²) >= 11 is 0. The van der Waals surface area contributed by atoms with Crippen molar-refractivity contribution in [1.82, 2.24) is 4.90 Å². The molecule has 2 atom stereocenters. The minimum Gasteiger partial charge on any atom is -0.480 e. The number of rotatable bonds is 2. The van der Waals surface area contributed by atoms with Gasteiger partial charge in [-0.1, -0.05) is 6.07 Å². The summed E-state index contributed by atoms with van der Waals surface area (Å²) in [5, 5.41) is 20.8. The lowest BCUT2D eigenvalue weighted by atomic mass is 10.2. The fourth-order valence-electron chi connectivity index (χ4n) is 2.18. The van der Waals surface area contributed by atoms with Gasteiger partial charge in [0.25, 0.3) is 0 Å². The molecule has 0 saturated carbocycles. The van der Waals surface area contributed by atoms with Crippen molar-refractivity contribution in [2.75, 3.05) is 11.9 Å². The zero-order valence-electron chi connectivity index (χ0n) is 10.8. The Morgan fingerprint density at radius 2 is 2.15 bits per heavy atom. The van der Waals surface area contributed by atoms with Crippen LogP contribution in [0.4, 0.5) is 14.9 Å². The molecule has 1 aromatic rings. The number of carboxylic acids is 1. The smallest absolute Gasteiger partial charge is 0.326 e. The van der Waals surface area contributed by atoms with Crippen LogP contribution in [0.15, 0.2) is 18.2 Å². The van der Waals surface area contributed by atoms with E-state index in [1.165, 1.54) is 12.1 Å². The Hall–Kier alpha value is -2.15. The highest BCUT2D eigenvalue weighted by Gasteiger charge is 2.39. The molecule has 7 heteroatoms. The lowest BCUT2D eigenvalue weighted by Crippen LogP contribution is -2.43. The van der Waals surface area contributed by atoms with Gasteiger partial charge in [-0.15, -0.1) is 0 Å². The van der Waals surface area contributed by atoms with Gasteiger partial charge in [0.2, 0.25) is 0 Å². The summed E-state index contributed by atoms with van der Waals surface area (Å²) in [5.41, 5.74) is 0.687. The highest BCUT2D eigenvalue weighted by Crippen LogP contribution is 2.21. The van der Waals surface area contributed by atoms with Gasteiger partial charge in [0.1, 0.15) is 11.9 Å². The number of nitrogens with zero attached hydrogens (tertiary/aromatic N) is 1. The van der Waals surface area contributed by atoms with Crippen LogP contribution < -0.4 is 5.32 Å². The lowest BCUT2D eigenvalue weighted by Gasteiger charge is -2.21. The van der Waals surface area contributed by atoms with Crippen molar-refractivity contribution >= 4 is 17.7 Å². The number of urea groups is 1. The van der Waals surface area contributed by atoms with Gasteiger partial charge in [-0.05, 0) is 24.6 Å². The van der Waals surface area contributed by atoms with Crippen molar-refractivity contribution in [2.24, 2.45) is 0 Å². The first-order valence-electron chi connectivity index (χ1n) is 6.13. The number of aliphatic hydroxyl groups excluding tert-OH is 1. The normalized spacial score (nSPS) is 21.9. The average Bonchev–Trinajstić information content (AvgIpc) is 2.75. The second-order valence-corrected chi connectivity index (χ2v) is 4.81. The van der Waals surface area contributed by atoms with Gasteiger partial charge >= 0.3 is 12.0 Å². The fourth-order valence-corrected chi connectivity index (χ4v) is 2.18. The molecule has 1 unspecified atom stereocenters. The second-order valence-electron chi connectivity index (χ2n) is 4.81. The summed E-state index contributed by atoms with van der Waals surface area (Å²) in [5.74, 6) is -1.79. The van der Waals surface area contributed by atoms with Gasteiger partial charge < -0.3 is 20.4 Å². The standard InChI is InChI=1S/C13H15FN2O4/c1-7-2-3-10(9(14)4-7)15-13(20)16-6-8(17)5-11(16)12(18)19/h2-4,8,11,17H,5-6H2,1H3,(H,15,20)(H,18,19)/t8?,11-/m0/s1. The van der Waals surface area contributed by atoms with Crippen LogP contribution in [-0.4, -0.2) is 45.8 Å². The van der Waals surface area contributed by atoms with Crippen LogP contribution in [0.1, 0.15) is 12.0 Å². The van der Waals surface area contributed by atoms with Crippen molar-refractivity contribution in [3.05, 3.63) is 29.6 Å². The number of likely N-dealkylation sites (tertiary alicyclic amines) is 1. The van der Waals surface area contributed by atoms with Gasteiger partial charge in [-0.2, -0.15) is 0 Å². The number of aryl methyl sites for hydroxylation is 1. The van der Waals surface area contributed by atoms with E-state index in [2.05, 4.69) is 5.32 Å². The van der Waals surface area contributed by atoms with Crippen molar-refractivity contribution in [1.29, 1.82) is 0 Å². The molecule has 1 aliphatic rings. The zero-order chi connectivity index (χ0) is 14.9. The predicted molar refractivity (Wildman–Crippen MR) is 68.9 cm³/mol. The van der Waals surface area contributed by atoms with Gasteiger partial charge in [-0.3, -0.25) is 0 Å². The van der Waals surface area contributed by atoms with E-state index in [9.17, 15) is 19.1 Å². The average molecular weight is 282 g/mol. The maximum absolute atomic E-state index is 13.6. The number of aliphatic hydroxyl groups is 1. The van der Waals surface area contributed by atoms with Crippen molar-refractivity contribution in [3.8, 4) is 0 Å². The second kappa shape index (κ2) is 5.46. The Labute approximate surface area is 114 Å². The predicted octanol–water partition coefficient (Wildman–Crippen LogP) is 1.19. The third-order valence-electron chi connectivity index (χ3n) is 3.19. The zero-order valence-corrected chi connectivity index (χ0v) is 10.8. The molecule has 1 aromatic carbocycles. The van der Waals surface area contributed by atoms with Crippen LogP contribution in [0.2, 0.25) is 0 Å². The summed E-state index contributed by atoms with van der Waals surface area (Å²) < 4.78 is 13.6. The highest BCUT2D eigenvalue weighted by molar-refractivity contribution is 5.92. The van der Waals surface area contributed by atoms with Crippen LogP contribution in [0, 0.1) is 12.7 Å². The van der Waals surface area contributed by atoms with Crippen LogP contribution in [0.25, 0.3) is 0 Å². The molecule has 1 saturated heterocycles. The third-order valence-corrected chi connectivity index (χ3v) is 3.19. The Bertz CT molecular complexity index is 549. The van der Waals surface area contributed by atoms with E-state index in [4.69, 9.17) is 5.11 Å². The Morgan fingerprint density at radius 3 is 2.75 bits per heavy atom. The van der Waals surface area contributed by atoms with E-state index in [1.54, 1.807) is 13.0 Å². The van der Waals surface area contributed by atoms with Crippen LogP contribution in [0.5, 0.6) is 0 Å². The van der Waals surface area contributed by atoms with Gasteiger partial charge in [-0.25, -0.2) is 14.0 Å². The number of halogens is 1. The number of nitrogens with one attached hydrogen (secondary N) is 1. The monoisotopic (exact) mass is 282 g/mol. The van der Waals surface area contributed by atoms with Crippen LogP contribution in [0.3, 0.4) is 0 Å². The van der Waals surface area contributed by atoms with Crippen molar-refractivity contribution in [2.45, 2.75) is 25.5 Å². The van der Waals surface area contributed by atoms with Crippen LogP contribution >= 0.6 is 0 Å². The lowest BCUT2D eigenvalue weighted by molar-refractivity contribution is -0.141. The third kappa shape index (κ3) is 2.88. The topological polar surface area (TPSA) is 89.9 Å². The largest absolute Gasteiger partial charge is 0.480 e. The number of amides is 2. The highest BCUT2D eigenvalue weighted by atomic mass is 19.1. The summed E-state index contributed by atoms with van der Waals surface area (Å²) in [7, 11) is 0. The number of carbonyl (C=O) groups excluding carboxylic acids is 1. The van der Waals surface area contributed by atoms with Gasteiger partial charge in [0, 0.05) is 13.0 Å². The summed E-state index contributed by atoms with van der Waals surface area (Å²) in [6.07, 6.45) is -0.913. The molecule has 0 bridgehead atoms. The first-order valence-corrected chi connectivity index (χ1v) is 6.13. The van der Waals surface area contributed by atoms with Crippen molar-refractivity contribution < 1.29 is 24.2 Å². The number of β-amino-alcohol motifs (C(OH)–C–C–N with tert-alkyl or cyclic N) is 1. The summed E-state index contributed by atoms with van der Waals surface area (Å²) in [6, 6.07) is 2.47. The van der Waals surface area contributed by atoms with Crippen LogP contribution in [-0.2, 0) is 4.79 Å². The quantitative estimate of drug-likeness (QED) is 0.760. The maximum Gasteiger partial charge on any atom is 0.326 e. The van der Waals surface area contributed by atoms with Crippen molar-refractivity contribution in [3.63, 3.8) is 0 Å². The molecule has 2 amide bonds. The molecule has 20 heavy (non-hydrogen) atoms. The molecule has 1 aliphatic heterocycles. The number of hydrogen-bond acceptors (Lipinski definition) is 3. The van der Waals surface area contributed by atoms with E-state index >= 15 is 0 Å². The number of carboxylic acid groups (broad SMARTS) is 1. The fraction of sp³-hybridized carbons (Fsp3) is 0.385. The van der Waals surface area contributed by atoms with E-state index in [1.807, 2.05) is 0 Å². The molecule has 0 radical (unpaired) electrons. The molecule has 108 valence electrons. The first-order chi connectivity index (χ1) is 9.38. The molecule has 2 rings (SSSR count). The Kier molecular flexibility index (Phi) is 3.89. The van der Waals surface area contributed by atoms with E-state index in [-0.39, 0.29) is 18.7 Å². The van der Waals surface area contributed by atoms with E-state index < -0.39 is 30.0 Å². The molecular weight excluding hydrogens is 267 g/mol. The van der Waals surface area contributed by atoms with Gasteiger partial charge in [0.15, 0.2) is 0 Å². The SMILES string of the molecule is Cc1ccc(NC(=O)N2CC(O)C[C@H]2C(=O)O)c(F)c1. The minimum atomic E-state index is -1.19. The molecule has 0 spiro atoms. The number of hydrogen-bond donors (Lipinski definition) is 3. The first kappa shape index (κ1) is 14.3. The number of anilines is 1. The van der Waals surface area contributed by atoms with E-state index in [0.29, 0.717) is 5.56 Å². The number of aliphatic carboxylic acids is 1. The number of carbonyl (C=O) groups is 2. The molecule has 3 N–H and O–H groups in total. The molecular formula is C13H15FN2O4. The minimum absolute atomic E-state index is 0.0221. The molecule has 0 aliphatic carbocycles. The molecule has 1 heterocycles. The van der Waals surface area contributed by atoms with Gasteiger partial charge in [0.05, 0.1) is 11.8 Å². The number of benzene rings is 1. The molecule has 0 aromatic heterocycles. The van der Waals surface area contributed by atoms with E-state index in [0.717, 1.165) is 4.90 Å². The summed E-state index contributed by atoms with van der Waals surface area (Å²) in [4.78, 5) is 24.0. The Morgan fingerprint density at radius 1 is 1.45 bits per heavy atom. The summed E-state index contributed by atoms with van der Waals surface area (Å²) in [6.45, 7) is 1.63. The Balaban J connectivity index is 2.13.